The average Bonchev–Trinajstić information content (AvgIpc) is 2.61. The van der Waals surface area contributed by atoms with E-state index in [4.69, 9.17) is 5.11 Å². The predicted molar refractivity (Wildman–Crippen MR) is 47.5 cm³/mol. The number of aliphatic carboxylic acids is 1. The van der Waals surface area contributed by atoms with Crippen molar-refractivity contribution in [2.75, 3.05) is 0 Å². The zero-order chi connectivity index (χ0) is 9.97. The first-order valence-corrected chi connectivity index (χ1v) is 3.82. The minimum atomic E-state index is -1.00. The molecule has 0 aromatic carbocycles. The number of carboxylic acid groups (broad SMARTS) is 1. The Labute approximate surface area is 78.5 Å². The van der Waals surface area contributed by atoms with Crippen LogP contribution in [0.15, 0.2) is 24.8 Å². The fourth-order valence-corrected chi connectivity index (χ4v) is 0.994. The van der Waals surface area contributed by atoms with Crippen LogP contribution in [0.2, 0.25) is 0 Å². The van der Waals surface area contributed by atoms with E-state index in [-0.39, 0.29) is 0 Å². The lowest BCUT2D eigenvalue weighted by atomic mass is 10.4. The van der Waals surface area contributed by atoms with Crippen molar-refractivity contribution in [3.63, 3.8) is 0 Å². The molecule has 6 nitrogen and oxygen atoms in total. The Morgan fingerprint density at radius 3 is 3.21 bits per heavy atom. The second-order valence-corrected chi connectivity index (χ2v) is 2.58. The normalized spacial score (nSPS) is 11.1. The van der Waals surface area contributed by atoms with Crippen molar-refractivity contribution in [2.24, 2.45) is 0 Å². The van der Waals surface area contributed by atoms with E-state index in [0.717, 1.165) is 6.08 Å². The van der Waals surface area contributed by atoms with Gasteiger partial charge in [-0.25, -0.2) is 4.79 Å². The Morgan fingerprint density at radius 2 is 2.43 bits per heavy atom. The quantitative estimate of drug-likeness (QED) is 0.685. The lowest BCUT2D eigenvalue weighted by Crippen LogP contribution is -1.90. The molecule has 0 radical (unpaired) electrons. The monoisotopic (exact) mass is 190 g/mol. The zero-order valence-corrected chi connectivity index (χ0v) is 7.03. The Balaban J connectivity index is 2.39. The third-order valence-corrected chi connectivity index (χ3v) is 1.60. The summed E-state index contributed by atoms with van der Waals surface area (Å²) in [5, 5.41) is 15.8. The van der Waals surface area contributed by atoms with Crippen LogP contribution in [-0.2, 0) is 4.79 Å². The Bertz CT molecular complexity index is 503. The van der Waals surface area contributed by atoms with Gasteiger partial charge in [0.1, 0.15) is 6.33 Å². The number of hydrogen-bond donors (Lipinski definition) is 1. The molecule has 2 rings (SSSR count). The molecule has 14 heavy (non-hydrogen) atoms. The largest absolute Gasteiger partial charge is 0.478 e. The summed E-state index contributed by atoms with van der Waals surface area (Å²) in [6.07, 6.45) is 7.12. The molecule has 2 aromatic heterocycles. The smallest absolute Gasteiger partial charge is 0.328 e. The van der Waals surface area contributed by atoms with E-state index in [0.29, 0.717) is 11.3 Å². The van der Waals surface area contributed by atoms with Gasteiger partial charge in [-0.1, -0.05) is 0 Å². The van der Waals surface area contributed by atoms with Gasteiger partial charge in [0.25, 0.3) is 0 Å². The third kappa shape index (κ3) is 1.58. The number of rotatable bonds is 2. The molecule has 0 atom stereocenters. The second-order valence-electron chi connectivity index (χ2n) is 2.58. The lowest BCUT2D eigenvalue weighted by molar-refractivity contribution is -0.131. The molecule has 2 aromatic rings. The first-order chi connectivity index (χ1) is 6.75. The molecule has 0 saturated heterocycles. The fourth-order valence-electron chi connectivity index (χ4n) is 0.994. The first kappa shape index (κ1) is 8.36. The second kappa shape index (κ2) is 3.25. The third-order valence-electron chi connectivity index (χ3n) is 1.60. The maximum atomic E-state index is 10.2. The van der Waals surface area contributed by atoms with Crippen molar-refractivity contribution >= 4 is 17.7 Å². The first-order valence-electron chi connectivity index (χ1n) is 3.82. The molecule has 70 valence electrons. The van der Waals surface area contributed by atoms with Crippen LogP contribution in [0.1, 0.15) is 5.69 Å². The molecule has 0 bridgehead atoms. The molecule has 0 aliphatic carbocycles. The predicted octanol–water partition coefficient (Wildman–Crippen LogP) is 0.222. The highest BCUT2D eigenvalue weighted by molar-refractivity contribution is 5.84. The van der Waals surface area contributed by atoms with E-state index in [1.54, 1.807) is 10.6 Å². The van der Waals surface area contributed by atoms with E-state index >= 15 is 0 Å². The van der Waals surface area contributed by atoms with Crippen LogP contribution in [0.5, 0.6) is 0 Å². The van der Waals surface area contributed by atoms with Crippen molar-refractivity contribution in [3.05, 3.63) is 30.5 Å². The van der Waals surface area contributed by atoms with Gasteiger partial charge in [0.2, 0.25) is 0 Å². The van der Waals surface area contributed by atoms with E-state index in [1.165, 1.54) is 18.6 Å². The average molecular weight is 190 g/mol. The SMILES string of the molecule is O=C(O)/C=C/c1cn2cnnc2cn1. The van der Waals surface area contributed by atoms with Gasteiger partial charge in [-0.15, -0.1) is 10.2 Å². The highest BCUT2D eigenvalue weighted by atomic mass is 16.4. The number of nitrogens with zero attached hydrogens (tertiary/aromatic N) is 4. The molecule has 6 heteroatoms. The van der Waals surface area contributed by atoms with Crippen molar-refractivity contribution in [2.45, 2.75) is 0 Å². The minimum absolute atomic E-state index is 0.541. The summed E-state index contributed by atoms with van der Waals surface area (Å²) in [5.74, 6) is -1.00. The summed E-state index contributed by atoms with van der Waals surface area (Å²) in [7, 11) is 0. The molecule has 0 aliphatic rings. The summed E-state index contributed by atoms with van der Waals surface area (Å²) in [4.78, 5) is 14.2. The van der Waals surface area contributed by atoms with Crippen LogP contribution in [0.25, 0.3) is 11.7 Å². The molecule has 1 N–H and O–H groups in total. The standard InChI is InChI=1S/C8H6N4O2/c13-8(14)2-1-6-4-12-5-10-11-7(12)3-9-6/h1-5H,(H,13,14)/b2-1+. The Morgan fingerprint density at radius 1 is 1.57 bits per heavy atom. The summed E-state index contributed by atoms with van der Waals surface area (Å²) < 4.78 is 1.66. The highest BCUT2D eigenvalue weighted by Crippen LogP contribution is 2.00. The molecular formula is C8H6N4O2. The maximum Gasteiger partial charge on any atom is 0.328 e. The van der Waals surface area contributed by atoms with Crippen LogP contribution in [0.3, 0.4) is 0 Å². The zero-order valence-electron chi connectivity index (χ0n) is 7.03. The van der Waals surface area contributed by atoms with Crippen LogP contribution in [0.4, 0.5) is 0 Å². The summed E-state index contributed by atoms with van der Waals surface area (Å²) >= 11 is 0. The molecule has 0 unspecified atom stereocenters. The number of carboxylic acids is 1. The van der Waals surface area contributed by atoms with E-state index in [2.05, 4.69) is 15.2 Å². The molecule has 0 fully saturated rings. The summed E-state index contributed by atoms with van der Waals surface area (Å²) in [6.45, 7) is 0. The fraction of sp³-hybridized carbons (Fsp3) is 0. The lowest BCUT2D eigenvalue weighted by Gasteiger charge is -1.93. The molecule has 2 heterocycles. The van der Waals surface area contributed by atoms with Gasteiger partial charge in [-0.2, -0.15) is 0 Å². The van der Waals surface area contributed by atoms with Crippen LogP contribution < -0.4 is 0 Å². The molecule has 0 amide bonds. The minimum Gasteiger partial charge on any atom is -0.478 e. The van der Waals surface area contributed by atoms with Gasteiger partial charge < -0.3 is 5.11 Å². The summed E-state index contributed by atoms with van der Waals surface area (Å²) in [5.41, 5.74) is 1.16. The van der Waals surface area contributed by atoms with Gasteiger partial charge in [0.05, 0.1) is 11.9 Å². The highest BCUT2D eigenvalue weighted by Gasteiger charge is 1.96. The van der Waals surface area contributed by atoms with E-state index in [9.17, 15) is 4.79 Å². The number of aromatic nitrogens is 4. The Kier molecular flexibility index (Phi) is 1.94. The van der Waals surface area contributed by atoms with Gasteiger partial charge >= 0.3 is 5.97 Å². The molecule has 0 spiro atoms. The molecular weight excluding hydrogens is 184 g/mol. The summed E-state index contributed by atoms with van der Waals surface area (Å²) in [6, 6.07) is 0. The topological polar surface area (TPSA) is 80.4 Å². The maximum absolute atomic E-state index is 10.2. The van der Waals surface area contributed by atoms with Gasteiger partial charge in [0.15, 0.2) is 5.65 Å². The van der Waals surface area contributed by atoms with Crippen molar-refractivity contribution in [1.82, 2.24) is 19.6 Å². The van der Waals surface area contributed by atoms with Crippen molar-refractivity contribution in [3.8, 4) is 0 Å². The van der Waals surface area contributed by atoms with Gasteiger partial charge in [-0.3, -0.25) is 9.38 Å². The number of carbonyl (C=O) groups is 1. The van der Waals surface area contributed by atoms with Crippen molar-refractivity contribution < 1.29 is 9.90 Å². The van der Waals surface area contributed by atoms with E-state index < -0.39 is 5.97 Å². The Hall–Kier alpha value is -2.24. The van der Waals surface area contributed by atoms with Crippen molar-refractivity contribution in [1.29, 1.82) is 0 Å². The van der Waals surface area contributed by atoms with Crippen LogP contribution in [-0.4, -0.2) is 30.7 Å². The van der Waals surface area contributed by atoms with Gasteiger partial charge in [0, 0.05) is 12.3 Å². The van der Waals surface area contributed by atoms with E-state index in [1.807, 2.05) is 0 Å². The molecule has 0 saturated carbocycles. The number of hydrogen-bond acceptors (Lipinski definition) is 4. The van der Waals surface area contributed by atoms with Crippen LogP contribution in [0, 0.1) is 0 Å². The van der Waals surface area contributed by atoms with Crippen LogP contribution >= 0.6 is 0 Å². The molecule has 0 aliphatic heterocycles. The van der Waals surface area contributed by atoms with Gasteiger partial charge in [-0.05, 0) is 6.08 Å². The number of fused-ring (bicyclic) bond motifs is 1.